The first kappa shape index (κ1) is 36.2. The summed E-state index contributed by atoms with van der Waals surface area (Å²) in [6, 6.07) is 8.79. The maximum absolute atomic E-state index is 14.5. The lowest BCUT2D eigenvalue weighted by Crippen LogP contribution is -2.39. The predicted octanol–water partition coefficient (Wildman–Crippen LogP) is 6.62. The van der Waals surface area contributed by atoms with Crippen molar-refractivity contribution in [2.75, 3.05) is 25.5 Å². The number of hydrogen-bond acceptors (Lipinski definition) is 8. The van der Waals surface area contributed by atoms with Gasteiger partial charge in [-0.05, 0) is 95.3 Å². The van der Waals surface area contributed by atoms with E-state index in [0.29, 0.717) is 47.0 Å². The second-order valence-electron chi connectivity index (χ2n) is 14.7. The van der Waals surface area contributed by atoms with E-state index in [-0.39, 0.29) is 35.6 Å². The van der Waals surface area contributed by atoms with Crippen LogP contribution in [0.25, 0.3) is 11.3 Å². The lowest BCUT2D eigenvalue weighted by molar-refractivity contribution is -0.134. The summed E-state index contributed by atoms with van der Waals surface area (Å²) in [6.45, 7) is 5.86. The molecule has 12 nitrogen and oxygen atoms in total. The number of amides is 3. The Hall–Kier alpha value is -5.17. The van der Waals surface area contributed by atoms with Gasteiger partial charge in [0.1, 0.15) is 22.9 Å². The number of imidazole rings is 1. The number of imide groups is 1. The Bertz CT molecular complexity index is 2110. The number of nitrogens with one attached hydrogen (secondary N) is 2. The standard InChI is InChI=1S/C23H26N6O2.C17H21FN2O2/c1-15(2)31-20-11-21-26-19(16-7-4-3-5-8-16)14-28(21)13-17(20)23(30)27-18-12-25-29-10-6-9-24-22(18)29;1-20-8-6-11(7-9-20)13-3-2-12(10-15(13)18)14-4-5-16(21)19-17(14)22/h6,9-16H,3-5,7-8H2,1-2H3,(H,27,30);2-3,10-11,14H,4-9H2,1H3,(H,19,21,22). The molecule has 0 spiro atoms. The van der Waals surface area contributed by atoms with E-state index in [1.54, 1.807) is 35.4 Å². The molecule has 53 heavy (non-hydrogen) atoms. The van der Waals surface area contributed by atoms with Crippen LogP contribution in [-0.2, 0) is 9.59 Å². The minimum absolute atomic E-state index is 0.0691. The number of aromatic nitrogens is 5. The van der Waals surface area contributed by atoms with Crippen LogP contribution in [0.4, 0.5) is 10.1 Å². The third-order valence-corrected chi connectivity index (χ3v) is 10.6. The normalized spacial score (nSPS) is 18.9. The molecular weight excluding hydrogens is 675 g/mol. The van der Waals surface area contributed by atoms with Gasteiger partial charge in [0.15, 0.2) is 5.65 Å². The maximum Gasteiger partial charge on any atom is 0.261 e. The van der Waals surface area contributed by atoms with E-state index in [1.807, 2.05) is 36.4 Å². The van der Waals surface area contributed by atoms with E-state index in [0.717, 1.165) is 42.8 Å². The molecule has 8 rings (SSSR count). The van der Waals surface area contributed by atoms with E-state index >= 15 is 0 Å². The van der Waals surface area contributed by atoms with Gasteiger partial charge in [0.2, 0.25) is 11.8 Å². The Morgan fingerprint density at radius 2 is 1.81 bits per heavy atom. The quantitative estimate of drug-likeness (QED) is 0.179. The number of nitrogens with zero attached hydrogens (tertiary/aromatic N) is 6. The number of anilines is 1. The number of rotatable bonds is 7. The van der Waals surface area contributed by atoms with Crippen molar-refractivity contribution in [1.82, 2.24) is 34.2 Å². The molecule has 6 heterocycles. The molecule has 1 aromatic carbocycles. The molecule has 4 aromatic heterocycles. The molecule has 0 radical (unpaired) electrons. The van der Waals surface area contributed by atoms with Crippen LogP contribution < -0.4 is 15.4 Å². The Kier molecular flexibility index (Phi) is 10.8. The van der Waals surface area contributed by atoms with Crippen molar-refractivity contribution in [3.05, 3.63) is 89.5 Å². The fraction of sp³-hybridized carbons (Fsp3) is 0.450. The molecule has 5 aromatic rings. The van der Waals surface area contributed by atoms with Gasteiger partial charge in [0.05, 0.1) is 29.5 Å². The smallest absolute Gasteiger partial charge is 0.261 e. The highest BCUT2D eigenvalue weighted by molar-refractivity contribution is 6.07. The lowest BCUT2D eigenvalue weighted by Gasteiger charge is -2.29. The van der Waals surface area contributed by atoms with Crippen LogP contribution in [0.5, 0.6) is 5.75 Å². The summed E-state index contributed by atoms with van der Waals surface area (Å²) >= 11 is 0. The summed E-state index contributed by atoms with van der Waals surface area (Å²) in [5.41, 5.74) is 4.90. The summed E-state index contributed by atoms with van der Waals surface area (Å²) in [4.78, 5) is 47.7. The van der Waals surface area contributed by atoms with Gasteiger partial charge in [0.25, 0.3) is 5.91 Å². The highest BCUT2D eigenvalue weighted by atomic mass is 19.1. The summed E-state index contributed by atoms with van der Waals surface area (Å²) in [7, 11) is 2.08. The second-order valence-corrected chi connectivity index (χ2v) is 14.7. The molecule has 3 fully saturated rings. The van der Waals surface area contributed by atoms with Gasteiger partial charge in [-0.15, -0.1) is 0 Å². The maximum atomic E-state index is 14.5. The number of fused-ring (bicyclic) bond motifs is 2. The summed E-state index contributed by atoms with van der Waals surface area (Å²) in [6.07, 6.45) is 17.7. The zero-order valence-corrected chi connectivity index (χ0v) is 30.6. The third-order valence-electron chi connectivity index (χ3n) is 10.6. The van der Waals surface area contributed by atoms with Crippen LogP contribution in [0.15, 0.2) is 61.3 Å². The van der Waals surface area contributed by atoms with Crippen molar-refractivity contribution < 1.29 is 23.5 Å². The summed E-state index contributed by atoms with van der Waals surface area (Å²) in [5.74, 6) is -0.212. The minimum atomic E-state index is -0.418. The molecule has 13 heteroatoms. The molecule has 1 atom stereocenters. The van der Waals surface area contributed by atoms with Crippen LogP contribution in [0.3, 0.4) is 0 Å². The number of ether oxygens (including phenoxy) is 1. The average Bonchev–Trinajstić information content (AvgIpc) is 3.76. The fourth-order valence-electron chi connectivity index (χ4n) is 7.68. The van der Waals surface area contributed by atoms with E-state index in [1.165, 1.54) is 38.2 Å². The average molecular weight is 723 g/mol. The molecule has 0 bridgehead atoms. The van der Waals surface area contributed by atoms with Gasteiger partial charge in [-0.3, -0.25) is 19.7 Å². The van der Waals surface area contributed by atoms with Gasteiger partial charge in [0, 0.05) is 43.2 Å². The van der Waals surface area contributed by atoms with E-state index < -0.39 is 5.92 Å². The number of halogens is 1. The fourth-order valence-corrected chi connectivity index (χ4v) is 7.68. The van der Waals surface area contributed by atoms with Gasteiger partial charge in [-0.1, -0.05) is 31.4 Å². The molecule has 2 saturated heterocycles. The van der Waals surface area contributed by atoms with E-state index in [2.05, 4.69) is 38.9 Å². The number of carbonyl (C=O) groups is 3. The van der Waals surface area contributed by atoms with Crippen molar-refractivity contribution >= 4 is 34.7 Å². The molecule has 2 aliphatic heterocycles. The zero-order valence-electron chi connectivity index (χ0n) is 30.6. The number of piperidine rings is 2. The zero-order chi connectivity index (χ0) is 37.1. The SMILES string of the molecule is CC(C)Oc1cc2nc(C3CCCCC3)cn2cc1C(=O)Nc1cnn2cccnc12.CN1CCC(c2ccc(C3CCC(=O)NC3=O)cc2F)CC1. The van der Waals surface area contributed by atoms with Crippen LogP contribution in [-0.4, -0.2) is 72.8 Å². The predicted molar refractivity (Wildman–Crippen MR) is 199 cm³/mol. The third kappa shape index (κ3) is 8.25. The first-order valence-electron chi connectivity index (χ1n) is 18.7. The highest BCUT2D eigenvalue weighted by Gasteiger charge is 2.29. The van der Waals surface area contributed by atoms with Gasteiger partial charge < -0.3 is 19.4 Å². The minimum Gasteiger partial charge on any atom is -0.490 e. The van der Waals surface area contributed by atoms with E-state index in [9.17, 15) is 18.8 Å². The highest BCUT2D eigenvalue weighted by Crippen LogP contribution is 2.34. The monoisotopic (exact) mass is 722 g/mol. The number of pyridine rings is 1. The van der Waals surface area contributed by atoms with Crippen molar-refractivity contribution in [1.29, 1.82) is 0 Å². The van der Waals surface area contributed by atoms with Crippen LogP contribution in [0.2, 0.25) is 0 Å². The van der Waals surface area contributed by atoms with Crippen molar-refractivity contribution in [3.63, 3.8) is 0 Å². The van der Waals surface area contributed by atoms with Crippen molar-refractivity contribution in [2.24, 2.45) is 0 Å². The van der Waals surface area contributed by atoms with Crippen LogP contribution in [0.1, 0.15) is 117 Å². The Morgan fingerprint density at radius 1 is 1.02 bits per heavy atom. The van der Waals surface area contributed by atoms with Crippen molar-refractivity contribution in [2.45, 2.75) is 95.5 Å². The summed E-state index contributed by atoms with van der Waals surface area (Å²) in [5, 5.41) is 9.49. The second kappa shape index (κ2) is 15.8. The lowest BCUT2D eigenvalue weighted by atomic mass is 9.85. The largest absolute Gasteiger partial charge is 0.490 e. The van der Waals surface area contributed by atoms with Crippen LogP contribution in [0, 0.1) is 5.82 Å². The first-order chi connectivity index (χ1) is 25.6. The van der Waals surface area contributed by atoms with Crippen molar-refractivity contribution in [3.8, 4) is 5.75 Å². The van der Waals surface area contributed by atoms with Crippen LogP contribution >= 0.6 is 0 Å². The molecule has 1 unspecified atom stereocenters. The Labute approximate surface area is 308 Å². The van der Waals surface area contributed by atoms with Gasteiger partial charge >= 0.3 is 0 Å². The first-order valence-corrected chi connectivity index (χ1v) is 18.7. The molecule has 1 aliphatic carbocycles. The molecule has 3 amide bonds. The number of likely N-dealkylation sites (tertiary alicyclic amines) is 1. The van der Waals surface area contributed by atoms with Gasteiger partial charge in [-0.2, -0.15) is 5.10 Å². The van der Waals surface area contributed by atoms with E-state index in [4.69, 9.17) is 9.72 Å². The Morgan fingerprint density at radius 3 is 2.55 bits per heavy atom. The molecule has 278 valence electrons. The van der Waals surface area contributed by atoms with Gasteiger partial charge in [-0.25, -0.2) is 18.9 Å². The molecule has 2 N–H and O–H groups in total. The Balaban J connectivity index is 0.000000174. The topological polar surface area (TPSA) is 135 Å². The number of carbonyl (C=O) groups excluding carboxylic acids is 3. The number of benzene rings is 1. The molecular formula is C40H47FN8O4. The molecule has 1 saturated carbocycles. The molecule has 3 aliphatic rings. The number of hydrogen-bond donors (Lipinski definition) is 2. The summed E-state index contributed by atoms with van der Waals surface area (Å²) < 4.78 is 24.0.